The Morgan fingerprint density at radius 1 is 1.24 bits per heavy atom. The minimum Gasteiger partial charge on any atom is -0.493 e. The van der Waals surface area contributed by atoms with Crippen molar-refractivity contribution in [1.29, 1.82) is 0 Å². The predicted octanol–water partition coefficient (Wildman–Crippen LogP) is 4.12. The normalized spacial score (nSPS) is 10.7. The number of benzene rings is 1. The molecule has 0 bridgehead atoms. The van der Waals surface area contributed by atoms with Gasteiger partial charge >= 0.3 is 0 Å². The Labute approximate surface area is 174 Å². The summed E-state index contributed by atoms with van der Waals surface area (Å²) in [5.74, 6) is 2.31. The number of aromatic amines is 1. The first kappa shape index (κ1) is 20.7. The van der Waals surface area contributed by atoms with Crippen LogP contribution in [0, 0.1) is 13.8 Å². The maximum Gasteiger partial charge on any atom is 0.254 e. The molecular weight excluding hydrogens is 392 g/mol. The van der Waals surface area contributed by atoms with Crippen molar-refractivity contribution in [3.8, 4) is 22.9 Å². The summed E-state index contributed by atoms with van der Waals surface area (Å²) in [6.45, 7) is 6.47. The number of hydrogen-bond acceptors (Lipinski definition) is 6. The number of pyridine rings is 1. The summed E-state index contributed by atoms with van der Waals surface area (Å²) in [7, 11) is 1.58. The van der Waals surface area contributed by atoms with Crippen molar-refractivity contribution >= 4 is 17.4 Å². The van der Waals surface area contributed by atoms with Gasteiger partial charge in [0, 0.05) is 29.6 Å². The van der Waals surface area contributed by atoms with E-state index in [2.05, 4.69) is 20.3 Å². The smallest absolute Gasteiger partial charge is 0.254 e. The van der Waals surface area contributed by atoms with E-state index in [9.17, 15) is 4.79 Å². The molecule has 0 amide bonds. The summed E-state index contributed by atoms with van der Waals surface area (Å²) < 4.78 is 10.9. The summed E-state index contributed by atoms with van der Waals surface area (Å²) in [5.41, 5.74) is 2.84. The molecular formula is C21H23ClN4O3. The third-order valence-corrected chi connectivity index (χ3v) is 4.76. The number of anilines is 1. The van der Waals surface area contributed by atoms with E-state index in [-0.39, 0.29) is 5.56 Å². The molecule has 0 aliphatic heterocycles. The van der Waals surface area contributed by atoms with Crippen molar-refractivity contribution in [3.63, 3.8) is 0 Å². The van der Waals surface area contributed by atoms with E-state index >= 15 is 0 Å². The summed E-state index contributed by atoms with van der Waals surface area (Å²) >= 11 is 6.31. The molecule has 152 valence electrons. The third-order valence-electron chi connectivity index (χ3n) is 4.48. The second kappa shape index (κ2) is 8.96. The summed E-state index contributed by atoms with van der Waals surface area (Å²) in [4.78, 5) is 23.5. The van der Waals surface area contributed by atoms with E-state index in [0.717, 1.165) is 11.1 Å². The first-order valence-corrected chi connectivity index (χ1v) is 9.57. The van der Waals surface area contributed by atoms with Crippen LogP contribution in [0.2, 0.25) is 5.02 Å². The number of rotatable bonds is 7. The molecule has 3 aromatic rings. The number of aryl methyl sites for hydroxylation is 1. The first-order valence-electron chi connectivity index (χ1n) is 9.20. The zero-order chi connectivity index (χ0) is 21.0. The van der Waals surface area contributed by atoms with Crippen molar-refractivity contribution in [1.82, 2.24) is 15.0 Å². The number of nitrogens with zero attached hydrogens (tertiary/aromatic N) is 2. The highest BCUT2D eigenvalue weighted by molar-refractivity contribution is 6.32. The molecule has 2 N–H and O–H groups in total. The van der Waals surface area contributed by atoms with Gasteiger partial charge in [0.25, 0.3) is 5.56 Å². The number of hydrogen-bond donors (Lipinski definition) is 2. The zero-order valence-corrected chi connectivity index (χ0v) is 17.6. The second-order valence-corrected chi connectivity index (χ2v) is 6.86. The van der Waals surface area contributed by atoms with Crippen LogP contribution in [0.4, 0.5) is 5.82 Å². The molecule has 2 aromatic heterocycles. The highest BCUT2D eigenvalue weighted by Gasteiger charge is 2.12. The Morgan fingerprint density at radius 2 is 2.03 bits per heavy atom. The standard InChI is InChI=1S/C21H23ClN4O3/c1-5-29-19-16(22)8-14(9-17(19)28-4)10-23-18-7-6-15(11-24-18)20-25-13(3)12(2)21(27)26-20/h6-9,11H,5,10H2,1-4H3,(H,23,24)(H,25,26,27). The van der Waals surface area contributed by atoms with Crippen LogP contribution >= 0.6 is 11.6 Å². The monoisotopic (exact) mass is 414 g/mol. The molecule has 0 fully saturated rings. The molecule has 8 heteroatoms. The number of nitrogens with one attached hydrogen (secondary N) is 2. The third kappa shape index (κ3) is 4.68. The van der Waals surface area contributed by atoms with E-state index in [1.165, 1.54) is 0 Å². The minimum absolute atomic E-state index is 0.143. The van der Waals surface area contributed by atoms with Crippen molar-refractivity contribution < 1.29 is 9.47 Å². The topological polar surface area (TPSA) is 89.1 Å². The molecule has 0 unspecified atom stereocenters. The lowest BCUT2D eigenvalue weighted by Crippen LogP contribution is -2.14. The summed E-state index contributed by atoms with van der Waals surface area (Å²) in [6.07, 6.45) is 1.67. The van der Waals surface area contributed by atoms with Gasteiger partial charge in [0.15, 0.2) is 11.5 Å². The maximum atomic E-state index is 11.9. The van der Waals surface area contributed by atoms with Gasteiger partial charge in [-0.25, -0.2) is 9.97 Å². The van der Waals surface area contributed by atoms with Gasteiger partial charge in [-0.1, -0.05) is 11.6 Å². The van der Waals surface area contributed by atoms with Gasteiger partial charge in [-0.05, 0) is 50.6 Å². The molecule has 0 atom stereocenters. The lowest BCUT2D eigenvalue weighted by Gasteiger charge is -2.14. The van der Waals surface area contributed by atoms with Gasteiger partial charge in [0.1, 0.15) is 11.6 Å². The Hall–Kier alpha value is -3.06. The number of aromatic nitrogens is 3. The molecule has 0 spiro atoms. The number of ether oxygens (including phenoxy) is 2. The average Bonchev–Trinajstić information content (AvgIpc) is 2.72. The molecule has 0 saturated carbocycles. The predicted molar refractivity (Wildman–Crippen MR) is 114 cm³/mol. The number of H-pyrrole nitrogens is 1. The summed E-state index contributed by atoms with van der Waals surface area (Å²) in [6, 6.07) is 7.40. The van der Waals surface area contributed by atoms with Crippen molar-refractivity contribution in [2.45, 2.75) is 27.3 Å². The average molecular weight is 415 g/mol. The Kier molecular flexibility index (Phi) is 6.39. The van der Waals surface area contributed by atoms with Crippen LogP contribution in [0.1, 0.15) is 23.7 Å². The van der Waals surface area contributed by atoms with Gasteiger partial charge in [-0.3, -0.25) is 4.79 Å². The Balaban J connectivity index is 1.74. The molecule has 7 nitrogen and oxygen atoms in total. The van der Waals surface area contributed by atoms with Crippen molar-refractivity contribution in [2.75, 3.05) is 19.0 Å². The maximum absolute atomic E-state index is 11.9. The minimum atomic E-state index is -0.143. The van der Waals surface area contributed by atoms with E-state index in [0.29, 0.717) is 52.6 Å². The lowest BCUT2D eigenvalue weighted by molar-refractivity contribution is 0.311. The first-order chi connectivity index (χ1) is 13.9. The van der Waals surface area contributed by atoms with E-state index in [1.807, 2.05) is 38.1 Å². The van der Waals surface area contributed by atoms with E-state index in [4.69, 9.17) is 21.1 Å². The number of methoxy groups -OCH3 is 1. The van der Waals surface area contributed by atoms with Gasteiger partial charge in [0.2, 0.25) is 0 Å². The fraction of sp³-hybridized carbons (Fsp3) is 0.286. The fourth-order valence-electron chi connectivity index (χ4n) is 2.77. The molecule has 29 heavy (non-hydrogen) atoms. The summed E-state index contributed by atoms with van der Waals surface area (Å²) in [5, 5.41) is 3.74. The van der Waals surface area contributed by atoms with Crippen molar-refractivity contribution in [2.24, 2.45) is 0 Å². The van der Waals surface area contributed by atoms with Gasteiger partial charge in [-0.15, -0.1) is 0 Å². The molecule has 3 rings (SSSR count). The molecule has 0 radical (unpaired) electrons. The quantitative estimate of drug-likeness (QED) is 0.604. The highest BCUT2D eigenvalue weighted by Crippen LogP contribution is 2.36. The zero-order valence-electron chi connectivity index (χ0n) is 16.8. The van der Waals surface area contributed by atoms with Gasteiger partial charge < -0.3 is 19.8 Å². The van der Waals surface area contributed by atoms with Gasteiger partial charge in [-0.2, -0.15) is 0 Å². The molecule has 0 aliphatic rings. The van der Waals surface area contributed by atoms with E-state index in [1.54, 1.807) is 20.2 Å². The van der Waals surface area contributed by atoms with E-state index < -0.39 is 0 Å². The largest absolute Gasteiger partial charge is 0.493 e. The van der Waals surface area contributed by atoms with Crippen LogP contribution in [0.15, 0.2) is 35.3 Å². The lowest BCUT2D eigenvalue weighted by atomic mass is 10.2. The van der Waals surface area contributed by atoms with Crippen LogP contribution in [-0.2, 0) is 6.54 Å². The molecule has 0 saturated heterocycles. The van der Waals surface area contributed by atoms with Gasteiger partial charge in [0.05, 0.1) is 18.7 Å². The Morgan fingerprint density at radius 3 is 2.66 bits per heavy atom. The van der Waals surface area contributed by atoms with Crippen LogP contribution in [0.25, 0.3) is 11.4 Å². The number of halogens is 1. The fourth-order valence-corrected chi connectivity index (χ4v) is 3.06. The molecule has 2 heterocycles. The second-order valence-electron chi connectivity index (χ2n) is 6.45. The van der Waals surface area contributed by atoms with Crippen LogP contribution < -0.4 is 20.3 Å². The molecule has 1 aromatic carbocycles. The van der Waals surface area contributed by atoms with Crippen LogP contribution in [0.3, 0.4) is 0 Å². The SMILES string of the molecule is CCOc1c(Cl)cc(CNc2ccc(-c3nc(C)c(C)c(=O)[nH]3)cn2)cc1OC. The van der Waals surface area contributed by atoms with Crippen LogP contribution in [0.5, 0.6) is 11.5 Å². The molecule has 0 aliphatic carbocycles. The van der Waals surface area contributed by atoms with Crippen molar-refractivity contribution in [3.05, 3.63) is 62.7 Å². The van der Waals surface area contributed by atoms with Crippen LogP contribution in [-0.4, -0.2) is 28.7 Å². The highest BCUT2D eigenvalue weighted by atomic mass is 35.5. The Bertz CT molecular complexity index is 1060.